The lowest BCUT2D eigenvalue weighted by Crippen LogP contribution is -2.51. The summed E-state index contributed by atoms with van der Waals surface area (Å²) in [5.41, 5.74) is 3.24. The Hall–Kier alpha value is -0.860. The number of rotatable bonds is 2. The van der Waals surface area contributed by atoms with Crippen LogP contribution in [0.2, 0.25) is 0 Å². The number of aryl methyl sites for hydroxylation is 1. The van der Waals surface area contributed by atoms with E-state index in [0.717, 1.165) is 12.1 Å². The molecule has 21 heavy (non-hydrogen) atoms. The summed E-state index contributed by atoms with van der Waals surface area (Å²) in [6, 6.07) is 11.4. The minimum Gasteiger partial charge on any atom is -0.312 e. The van der Waals surface area contributed by atoms with Gasteiger partial charge >= 0.3 is 0 Å². The standard InChI is InChI=1S/C19H28N2/c1-2-9-16-15(7-1)8-5-12-18(16)21-14-4-3-11-19(21)17-10-6-13-20-17/h1-2,7,9,17-20H,3-6,8,10-14H2. The summed E-state index contributed by atoms with van der Waals surface area (Å²) in [5, 5.41) is 3.78. The minimum atomic E-state index is 0.683. The van der Waals surface area contributed by atoms with Crippen molar-refractivity contribution >= 4 is 0 Å². The van der Waals surface area contributed by atoms with Crippen LogP contribution in [-0.2, 0) is 6.42 Å². The predicted molar refractivity (Wildman–Crippen MR) is 87.5 cm³/mol. The summed E-state index contributed by atoms with van der Waals surface area (Å²) < 4.78 is 0. The Morgan fingerprint density at radius 3 is 2.81 bits per heavy atom. The van der Waals surface area contributed by atoms with E-state index in [2.05, 4.69) is 34.5 Å². The zero-order valence-electron chi connectivity index (χ0n) is 13.1. The van der Waals surface area contributed by atoms with Crippen molar-refractivity contribution in [2.24, 2.45) is 0 Å². The molecule has 2 saturated heterocycles. The lowest BCUT2D eigenvalue weighted by Gasteiger charge is -2.46. The Labute approximate surface area is 128 Å². The molecule has 0 aromatic heterocycles. The molecule has 2 heteroatoms. The Kier molecular flexibility index (Phi) is 4.00. The molecule has 0 saturated carbocycles. The monoisotopic (exact) mass is 284 g/mol. The fraction of sp³-hybridized carbons (Fsp3) is 0.684. The summed E-state index contributed by atoms with van der Waals surface area (Å²) >= 11 is 0. The molecule has 0 radical (unpaired) electrons. The zero-order valence-corrected chi connectivity index (χ0v) is 13.1. The third kappa shape index (κ3) is 2.64. The molecule has 3 aliphatic rings. The Morgan fingerprint density at radius 2 is 1.90 bits per heavy atom. The van der Waals surface area contributed by atoms with E-state index in [0.29, 0.717) is 6.04 Å². The van der Waals surface area contributed by atoms with Crippen LogP contribution in [0.25, 0.3) is 0 Å². The molecule has 2 heterocycles. The second kappa shape index (κ2) is 6.10. The molecule has 3 unspecified atom stereocenters. The highest BCUT2D eigenvalue weighted by molar-refractivity contribution is 5.32. The second-order valence-electron chi connectivity index (χ2n) is 7.11. The molecule has 114 valence electrons. The van der Waals surface area contributed by atoms with Gasteiger partial charge in [0.15, 0.2) is 0 Å². The summed E-state index contributed by atoms with van der Waals surface area (Å²) in [6.07, 6.45) is 11.0. The Morgan fingerprint density at radius 1 is 0.952 bits per heavy atom. The number of piperidine rings is 1. The summed E-state index contributed by atoms with van der Waals surface area (Å²) in [5.74, 6) is 0. The van der Waals surface area contributed by atoms with Gasteiger partial charge < -0.3 is 5.32 Å². The third-order valence-electron chi connectivity index (χ3n) is 5.89. The topological polar surface area (TPSA) is 15.3 Å². The van der Waals surface area contributed by atoms with Gasteiger partial charge in [-0.3, -0.25) is 4.90 Å². The number of fused-ring (bicyclic) bond motifs is 1. The van der Waals surface area contributed by atoms with Gasteiger partial charge in [-0.2, -0.15) is 0 Å². The van der Waals surface area contributed by atoms with Crippen LogP contribution in [-0.4, -0.2) is 30.1 Å². The maximum atomic E-state index is 3.78. The average Bonchev–Trinajstić information content (AvgIpc) is 3.09. The summed E-state index contributed by atoms with van der Waals surface area (Å²) in [4.78, 5) is 2.88. The highest BCUT2D eigenvalue weighted by atomic mass is 15.2. The molecule has 3 atom stereocenters. The van der Waals surface area contributed by atoms with Crippen LogP contribution in [0.1, 0.15) is 62.1 Å². The smallest absolute Gasteiger partial charge is 0.0354 e. The molecule has 2 fully saturated rings. The van der Waals surface area contributed by atoms with Gasteiger partial charge in [-0.1, -0.05) is 30.7 Å². The average molecular weight is 284 g/mol. The van der Waals surface area contributed by atoms with Crippen LogP contribution >= 0.6 is 0 Å². The molecule has 0 amide bonds. The van der Waals surface area contributed by atoms with E-state index in [1.54, 1.807) is 11.1 Å². The van der Waals surface area contributed by atoms with Crippen molar-refractivity contribution < 1.29 is 0 Å². The van der Waals surface area contributed by atoms with Gasteiger partial charge in [0.05, 0.1) is 0 Å². The van der Waals surface area contributed by atoms with Gasteiger partial charge in [0.1, 0.15) is 0 Å². The van der Waals surface area contributed by atoms with Gasteiger partial charge in [-0.15, -0.1) is 0 Å². The maximum absolute atomic E-state index is 3.78. The molecule has 4 rings (SSSR count). The Balaban J connectivity index is 1.61. The highest BCUT2D eigenvalue weighted by Gasteiger charge is 2.37. The second-order valence-corrected chi connectivity index (χ2v) is 7.11. The number of nitrogens with zero attached hydrogens (tertiary/aromatic N) is 1. The van der Waals surface area contributed by atoms with E-state index in [1.807, 2.05) is 0 Å². The first-order valence-corrected chi connectivity index (χ1v) is 9.00. The molecule has 1 aromatic rings. The molecular formula is C19H28N2. The van der Waals surface area contributed by atoms with Gasteiger partial charge in [-0.25, -0.2) is 0 Å². The molecule has 1 aliphatic carbocycles. The molecule has 2 aliphatic heterocycles. The SMILES string of the molecule is c1ccc2c(c1)CCCC2N1CCCCC1C1CCCN1. The van der Waals surface area contributed by atoms with Gasteiger partial charge in [-0.05, 0) is 69.2 Å². The van der Waals surface area contributed by atoms with Gasteiger partial charge in [0, 0.05) is 18.1 Å². The molecule has 0 spiro atoms. The van der Waals surface area contributed by atoms with Crippen LogP contribution in [0.15, 0.2) is 24.3 Å². The van der Waals surface area contributed by atoms with E-state index >= 15 is 0 Å². The largest absolute Gasteiger partial charge is 0.312 e. The number of nitrogens with one attached hydrogen (secondary N) is 1. The van der Waals surface area contributed by atoms with Crippen LogP contribution in [0.5, 0.6) is 0 Å². The van der Waals surface area contributed by atoms with E-state index in [-0.39, 0.29) is 0 Å². The molecule has 0 bridgehead atoms. The third-order valence-corrected chi connectivity index (χ3v) is 5.89. The van der Waals surface area contributed by atoms with E-state index in [9.17, 15) is 0 Å². The van der Waals surface area contributed by atoms with Gasteiger partial charge in [0.2, 0.25) is 0 Å². The van der Waals surface area contributed by atoms with E-state index in [4.69, 9.17) is 0 Å². The normalized spacial score (nSPS) is 33.8. The minimum absolute atomic E-state index is 0.683. The maximum Gasteiger partial charge on any atom is 0.0354 e. The zero-order chi connectivity index (χ0) is 14.1. The first-order valence-electron chi connectivity index (χ1n) is 9.00. The van der Waals surface area contributed by atoms with Crippen LogP contribution in [0, 0.1) is 0 Å². The number of hydrogen-bond donors (Lipinski definition) is 1. The van der Waals surface area contributed by atoms with Gasteiger partial charge in [0.25, 0.3) is 0 Å². The first kappa shape index (κ1) is 13.8. The lowest BCUT2D eigenvalue weighted by molar-refractivity contribution is 0.0639. The Bertz CT molecular complexity index is 478. The number of likely N-dealkylation sites (tertiary alicyclic amines) is 1. The van der Waals surface area contributed by atoms with Crippen molar-refractivity contribution in [3.8, 4) is 0 Å². The predicted octanol–water partition coefficient (Wildman–Crippen LogP) is 3.67. The lowest BCUT2D eigenvalue weighted by atomic mass is 9.83. The van der Waals surface area contributed by atoms with Crippen molar-refractivity contribution in [2.75, 3.05) is 13.1 Å². The van der Waals surface area contributed by atoms with E-state index < -0.39 is 0 Å². The van der Waals surface area contributed by atoms with Crippen molar-refractivity contribution in [1.29, 1.82) is 0 Å². The fourth-order valence-corrected chi connectivity index (χ4v) is 4.91. The molecule has 1 aromatic carbocycles. The number of hydrogen-bond acceptors (Lipinski definition) is 2. The van der Waals surface area contributed by atoms with E-state index in [1.165, 1.54) is 64.5 Å². The number of benzene rings is 1. The van der Waals surface area contributed by atoms with Crippen molar-refractivity contribution in [3.05, 3.63) is 35.4 Å². The highest BCUT2D eigenvalue weighted by Crippen LogP contribution is 2.39. The molecule has 1 N–H and O–H groups in total. The quantitative estimate of drug-likeness (QED) is 0.891. The van der Waals surface area contributed by atoms with Crippen LogP contribution < -0.4 is 5.32 Å². The molecule has 2 nitrogen and oxygen atoms in total. The first-order chi connectivity index (χ1) is 10.4. The fourth-order valence-electron chi connectivity index (χ4n) is 4.91. The van der Waals surface area contributed by atoms with Crippen LogP contribution in [0.4, 0.5) is 0 Å². The molecular weight excluding hydrogens is 256 g/mol. The van der Waals surface area contributed by atoms with Crippen molar-refractivity contribution in [3.63, 3.8) is 0 Å². The van der Waals surface area contributed by atoms with Crippen molar-refractivity contribution in [1.82, 2.24) is 10.2 Å². The van der Waals surface area contributed by atoms with Crippen LogP contribution in [0.3, 0.4) is 0 Å². The van der Waals surface area contributed by atoms with Crippen molar-refractivity contribution in [2.45, 2.75) is 69.5 Å². The summed E-state index contributed by atoms with van der Waals surface area (Å²) in [7, 11) is 0. The summed E-state index contributed by atoms with van der Waals surface area (Å²) in [6.45, 7) is 2.54.